The lowest BCUT2D eigenvalue weighted by atomic mass is 10.0. The van der Waals surface area contributed by atoms with E-state index in [1.807, 2.05) is 6.92 Å². The summed E-state index contributed by atoms with van der Waals surface area (Å²) in [5.74, 6) is 0. The molecule has 0 saturated carbocycles. The average molecular weight is 156 g/mol. The van der Waals surface area contributed by atoms with Crippen molar-refractivity contribution >= 4 is 0 Å². The molecule has 0 aromatic carbocycles. The fraction of sp³-hybridized carbons (Fsp3) is 1.00. The van der Waals surface area contributed by atoms with E-state index in [0.717, 1.165) is 13.0 Å². The van der Waals surface area contributed by atoms with E-state index >= 15 is 0 Å². The van der Waals surface area contributed by atoms with E-state index < -0.39 is 6.23 Å². The maximum Gasteiger partial charge on any atom is 0.146 e. The van der Waals surface area contributed by atoms with Gasteiger partial charge in [0.2, 0.25) is 0 Å². The Morgan fingerprint density at radius 1 is 1.55 bits per heavy atom. The fourth-order valence-electron chi connectivity index (χ4n) is 1.78. The van der Waals surface area contributed by atoms with Crippen molar-refractivity contribution in [1.82, 2.24) is 4.90 Å². The fourth-order valence-corrected chi connectivity index (χ4v) is 1.78. The Morgan fingerprint density at radius 2 is 2.27 bits per heavy atom. The first kappa shape index (κ1) is 9.01. The minimum atomic E-state index is -0.453. The molecule has 1 aliphatic rings. The summed E-state index contributed by atoms with van der Waals surface area (Å²) in [6.07, 6.45) is 4.01. The molecule has 1 rings (SSSR count). The van der Waals surface area contributed by atoms with Crippen molar-refractivity contribution in [2.24, 2.45) is 0 Å². The van der Waals surface area contributed by atoms with Crippen molar-refractivity contribution in [3.05, 3.63) is 0 Å². The molecule has 2 atom stereocenters. The third-order valence-electron chi connectivity index (χ3n) is 2.57. The molecule has 2 unspecified atom stereocenters. The van der Waals surface area contributed by atoms with Gasteiger partial charge < -0.3 is 0 Å². The van der Waals surface area contributed by atoms with E-state index in [0.29, 0.717) is 6.04 Å². The molecule has 1 fully saturated rings. The second-order valence-electron chi connectivity index (χ2n) is 3.45. The molecular weight excluding hydrogens is 138 g/mol. The molecule has 1 heterocycles. The van der Waals surface area contributed by atoms with Gasteiger partial charge in [-0.1, -0.05) is 13.3 Å². The van der Waals surface area contributed by atoms with Crippen LogP contribution in [0.15, 0.2) is 0 Å². The van der Waals surface area contributed by atoms with Crippen molar-refractivity contribution in [2.45, 2.75) is 51.8 Å². The third kappa shape index (κ3) is 2.17. The molecule has 0 aromatic heterocycles. The Balaban J connectivity index is 2.40. The predicted molar refractivity (Wildman–Crippen MR) is 44.8 cm³/mol. The van der Waals surface area contributed by atoms with Crippen LogP contribution in [0.3, 0.4) is 0 Å². The second kappa shape index (κ2) is 4.07. The summed E-state index contributed by atoms with van der Waals surface area (Å²) in [5, 5.41) is 11.4. The van der Waals surface area contributed by atoms with Crippen LogP contribution in [0.25, 0.3) is 0 Å². The zero-order valence-electron chi connectivity index (χ0n) is 7.55. The summed E-state index contributed by atoms with van der Waals surface area (Å²) in [5.41, 5.74) is 0. The van der Waals surface area contributed by atoms with Crippen molar-refractivity contribution in [3.8, 4) is 0 Å². The number of rotatable bonds is 2. The summed E-state index contributed by atoms with van der Waals surface area (Å²) in [6.45, 7) is 5.15. The first-order valence-electron chi connectivity index (χ1n) is 4.67. The van der Waals surface area contributed by atoms with Crippen LogP contribution >= 0.6 is 0 Å². The number of likely N-dealkylation sites (tertiary alicyclic amines) is 1. The quantitative estimate of drug-likeness (QED) is 0.600. The van der Waals surface area contributed by atoms with Gasteiger partial charge in [0, 0.05) is 12.6 Å². The molecule has 0 spiro atoms. The predicted octanol–water partition coefficient (Wildman–Crippen LogP) is 2.03. The summed E-state index contributed by atoms with van der Waals surface area (Å²) in [6, 6.07) is 0.520. The average Bonchev–Trinajstić information content (AvgIpc) is 2.04. The topological polar surface area (TPSA) is 23.1 Å². The van der Waals surface area contributed by atoms with Crippen LogP contribution in [0.5, 0.6) is 0 Å². The van der Waals surface area contributed by atoms with E-state index in [-0.39, 0.29) is 0 Å². The minimum absolute atomic E-state index is 0.453. The highest BCUT2D eigenvalue weighted by atomic mass is 16.3. The third-order valence-corrected chi connectivity index (χ3v) is 2.57. The van der Waals surface area contributed by atoms with Crippen LogP contribution < -0.4 is 0 Å². The zero-order chi connectivity index (χ0) is 8.27. The smallest absolute Gasteiger partial charge is 0.146 e. The largest absolute Gasteiger partial charge is 0.273 e. The van der Waals surface area contributed by atoms with E-state index in [1.54, 1.807) is 0 Å². The Hall–Kier alpha value is -0.0800. The summed E-state index contributed by atoms with van der Waals surface area (Å²) >= 11 is 0. The van der Waals surface area contributed by atoms with Crippen LogP contribution in [-0.2, 0) is 5.11 Å². The summed E-state index contributed by atoms with van der Waals surface area (Å²) in [7, 11) is 0. The highest BCUT2D eigenvalue weighted by Crippen LogP contribution is 2.19. The first-order valence-corrected chi connectivity index (χ1v) is 4.67. The van der Waals surface area contributed by atoms with Crippen LogP contribution in [0, 0.1) is 0 Å². The van der Waals surface area contributed by atoms with Gasteiger partial charge in [-0.05, 0) is 26.2 Å². The molecule has 2 nitrogen and oxygen atoms in total. The molecule has 0 bridgehead atoms. The van der Waals surface area contributed by atoms with Gasteiger partial charge in [0.15, 0.2) is 0 Å². The van der Waals surface area contributed by atoms with Gasteiger partial charge in [0.1, 0.15) is 6.23 Å². The molecular formula is C9H18NO. The summed E-state index contributed by atoms with van der Waals surface area (Å²) < 4.78 is 0. The SMILES string of the molecule is CCC([O])N1CCCCC1C. The molecule has 1 radical (unpaired) electrons. The normalized spacial score (nSPS) is 30.3. The lowest BCUT2D eigenvalue weighted by Crippen LogP contribution is -2.43. The van der Waals surface area contributed by atoms with E-state index in [4.69, 9.17) is 0 Å². The Bertz CT molecular complexity index is 112. The van der Waals surface area contributed by atoms with E-state index in [9.17, 15) is 5.11 Å². The van der Waals surface area contributed by atoms with Crippen LogP contribution in [-0.4, -0.2) is 23.7 Å². The minimum Gasteiger partial charge on any atom is -0.273 e. The first-order chi connectivity index (χ1) is 5.25. The van der Waals surface area contributed by atoms with Crippen LogP contribution in [0.4, 0.5) is 0 Å². The van der Waals surface area contributed by atoms with Crippen molar-refractivity contribution in [3.63, 3.8) is 0 Å². The molecule has 0 aromatic rings. The molecule has 11 heavy (non-hydrogen) atoms. The highest BCUT2D eigenvalue weighted by Gasteiger charge is 2.23. The number of hydrogen-bond acceptors (Lipinski definition) is 1. The van der Waals surface area contributed by atoms with Crippen molar-refractivity contribution in [1.29, 1.82) is 0 Å². The highest BCUT2D eigenvalue weighted by molar-refractivity contribution is 4.74. The molecule has 1 saturated heterocycles. The molecule has 0 aliphatic carbocycles. The van der Waals surface area contributed by atoms with Gasteiger partial charge in [-0.25, -0.2) is 5.11 Å². The lowest BCUT2D eigenvalue weighted by molar-refractivity contribution is -0.0800. The molecule has 65 valence electrons. The molecule has 0 amide bonds. The Morgan fingerprint density at radius 3 is 2.82 bits per heavy atom. The van der Waals surface area contributed by atoms with E-state index in [1.165, 1.54) is 19.3 Å². The maximum absolute atomic E-state index is 11.4. The molecule has 2 heteroatoms. The van der Waals surface area contributed by atoms with Gasteiger partial charge in [0.05, 0.1) is 0 Å². The van der Waals surface area contributed by atoms with Gasteiger partial charge in [-0.3, -0.25) is 4.90 Å². The second-order valence-corrected chi connectivity index (χ2v) is 3.45. The lowest BCUT2D eigenvalue weighted by Gasteiger charge is -2.35. The summed E-state index contributed by atoms with van der Waals surface area (Å²) in [4.78, 5) is 2.10. The van der Waals surface area contributed by atoms with Crippen molar-refractivity contribution < 1.29 is 5.11 Å². The van der Waals surface area contributed by atoms with Crippen molar-refractivity contribution in [2.75, 3.05) is 6.54 Å². The number of piperidine rings is 1. The van der Waals surface area contributed by atoms with Gasteiger partial charge >= 0.3 is 0 Å². The number of nitrogens with zero attached hydrogens (tertiary/aromatic N) is 1. The van der Waals surface area contributed by atoms with Crippen LogP contribution in [0.2, 0.25) is 0 Å². The maximum atomic E-state index is 11.4. The van der Waals surface area contributed by atoms with Crippen LogP contribution in [0.1, 0.15) is 39.5 Å². The molecule has 1 aliphatic heterocycles. The van der Waals surface area contributed by atoms with Gasteiger partial charge in [-0.15, -0.1) is 0 Å². The standard InChI is InChI=1S/C9H18NO/c1-3-9(11)10-7-5-4-6-8(10)2/h8-9H,3-7H2,1-2H3. The van der Waals surface area contributed by atoms with Gasteiger partial charge in [0.25, 0.3) is 0 Å². The number of hydrogen-bond donors (Lipinski definition) is 0. The zero-order valence-corrected chi connectivity index (χ0v) is 7.55. The molecule has 0 N–H and O–H groups in total. The van der Waals surface area contributed by atoms with E-state index in [2.05, 4.69) is 11.8 Å². The Kier molecular flexibility index (Phi) is 3.34. The Labute approximate surface area is 69.2 Å². The van der Waals surface area contributed by atoms with Gasteiger partial charge in [-0.2, -0.15) is 0 Å². The monoisotopic (exact) mass is 156 g/mol.